The van der Waals surface area contributed by atoms with E-state index < -0.39 is 0 Å². The Kier molecular flexibility index (Phi) is 4.52. The number of aromatic amines is 1. The molecule has 3 heterocycles. The van der Waals surface area contributed by atoms with Crippen molar-refractivity contribution in [1.82, 2.24) is 14.5 Å². The number of rotatable bonds is 4. The van der Waals surface area contributed by atoms with E-state index in [-0.39, 0.29) is 17.3 Å². The number of hydrogen-bond acceptors (Lipinski definition) is 5. The summed E-state index contributed by atoms with van der Waals surface area (Å²) in [5.74, 6) is 0. The van der Waals surface area contributed by atoms with Crippen molar-refractivity contribution in [2.45, 2.75) is 12.6 Å². The summed E-state index contributed by atoms with van der Waals surface area (Å²) in [7, 11) is 0. The molecule has 25 heavy (non-hydrogen) atoms. The van der Waals surface area contributed by atoms with Crippen LogP contribution in [0.5, 0.6) is 0 Å². The molecule has 2 aromatic heterocycles. The molecule has 0 spiro atoms. The van der Waals surface area contributed by atoms with Crippen LogP contribution in [0.1, 0.15) is 10.9 Å². The first kappa shape index (κ1) is 16.3. The summed E-state index contributed by atoms with van der Waals surface area (Å²) in [6.07, 6.45) is 0. The average Bonchev–Trinajstić information content (AvgIpc) is 3.17. The van der Waals surface area contributed by atoms with Crippen molar-refractivity contribution in [2.75, 3.05) is 26.3 Å². The Bertz CT molecular complexity index is 971. The van der Waals surface area contributed by atoms with Gasteiger partial charge in [-0.1, -0.05) is 18.2 Å². The predicted octanol–water partition coefficient (Wildman–Crippen LogP) is 1.82. The molecule has 1 aliphatic rings. The van der Waals surface area contributed by atoms with E-state index in [2.05, 4.69) is 16.0 Å². The van der Waals surface area contributed by atoms with Gasteiger partial charge in [0.2, 0.25) is 0 Å². The van der Waals surface area contributed by atoms with Gasteiger partial charge < -0.3 is 9.72 Å². The number of hydrogen-bond donors (Lipinski definition) is 1. The van der Waals surface area contributed by atoms with Gasteiger partial charge in [0.05, 0.1) is 36.7 Å². The fourth-order valence-electron chi connectivity index (χ4n) is 3.29. The van der Waals surface area contributed by atoms with Gasteiger partial charge in [0, 0.05) is 18.0 Å². The van der Waals surface area contributed by atoms with Crippen molar-refractivity contribution in [3.63, 3.8) is 0 Å². The zero-order chi connectivity index (χ0) is 17.2. The molecule has 1 aliphatic heterocycles. The maximum Gasteiger partial charge on any atom is 0.328 e. The lowest BCUT2D eigenvalue weighted by atomic mass is 10.1. The smallest absolute Gasteiger partial charge is 0.328 e. The number of nitrogens with zero attached hydrogens (tertiary/aromatic N) is 2. The Morgan fingerprint density at radius 3 is 2.68 bits per heavy atom. The summed E-state index contributed by atoms with van der Waals surface area (Å²) in [6, 6.07) is 11.2. The van der Waals surface area contributed by atoms with Gasteiger partial charge >= 0.3 is 5.69 Å². The zero-order valence-electron chi connectivity index (χ0n) is 13.7. The van der Waals surface area contributed by atoms with Crippen LogP contribution in [0.2, 0.25) is 0 Å². The highest BCUT2D eigenvalue weighted by Crippen LogP contribution is 2.27. The van der Waals surface area contributed by atoms with E-state index in [0.29, 0.717) is 30.7 Å². The van der Waals surface area contributed by atoms with Crippen LogP contribution in [-0.4, -0.2) is 40.8 Å². The molecule has 0 saturated carbocycles. The van der Waals surface area contributed by atoms with Gasteiger partial charge in [-0.05, 0) is 23.6 Å². The Balaban J connectivity index is 1.76. The Hall–Kier alpha value is -2.22. The van der Waals surface area contributed by atoms with Crippen molar-refractivity contribution >= 4 is 22.2 Å². The van der Waals surface area contributed by atoms with E-state index in [4.69, 9.17) is 4.74 Å². The standard InChI is InChI=1S/C18H19N3O3S/c22-17-13-4-1-2-5-14(13)19-18(23)21(17)12-15(16-6-3-11-25-16)20-7-9-24-10-8-20/h1-6,11,15H,7-10,12H2,(H,19,23)/t15-/m0/s1. The molecule has 1 N–H and O–H groups in total. The van der Waals surface area contributed by atoms with Crippen molar-refractivity contribution in [3.8, 4) is 0 Å². The van der Waals surface area contributed by atoms with Gasteiger partial charge in [0.25, 0.3) is 5.56 Å². The number of morpholine rings is 1. The highest BCUT2D eigenvalue weighted by Gasteiger charge is 2.25. The normalized spacial score (nSPS) is 17.0. The second-order valence-electron chi connectivity index (χ2n) is 6.07. The first-order valence-corrected chi connectivity index (χ1v) is 9.19. The van der Waals surface area contributed by atoms with Crippen LogP contribution in [0.15, 0.2) is 51.4 Å². The number of aromatic nitrogens is 2. The third-order valence-corrected chi connectivity index (χ3v) is 5.58. The summed E-state index contributed by atoms with van der Waals surface area (Å²) in [6.45, 7) is 3.26. The molecule has 1 atom stereocenters. The van der Waals surface area contributed by atoms with Crippen LogP contribution in [0.3, 0.4) is 0 Å². The van der Waals surface area contributed by atoms with Gasteiger partial charge in [-0.25, -0.2) is 4.79 Å². The van der Waals surface area contributed by atoms with Crippen molar-refractivity contribution in [3.05, 3.63) is 67.5 Å². The fourth-order valence-corrected chi connectivity index (χ4v) is 4.15. The van der Waals surface area contributed by atoms with Crippen molar-refractivity contribution in [2.24, 2.45) is 0 Å². The minimum absolute atomic E-state index is 0.0103. The van der Waals surface area contributed by atoms with Gasteiger partial charge in [-0.3, -0.25) is 14.3 Å². The second kappa shape index (κ2) is 6.95. The minimum Gasteiger partial charge on any atom is -0.379 e. The Labute approximate surface area is 148 Å². The number of ether oxygens (including phenoxy) is 1. The molecule has 6 nitrogen and oxygen atoms in total. The molecule has 0 aliphatic carbocycles. The van der Waals surface area contributed by atoms with E-state index in [9.17, 15) is 9.59 Å². The van der Waals surface area contributed by atoms with E-state index >= 15 is 0 Å². The minimum atomic E-state index is -0.362. The van der Waals surface area contributed by atoms with Crippen LogP contribution in [-0.2, 0) is 11.3 Å². The molecule has 0 amide bonds. The fraction of sp³-hybridized carbons (Fsp3) is 0.333. The second-order valence-corrected chi connectivity index (χ2v) is 7.05. The van der Waals surface area contributed by atoms with Crippen LogP contribution in [0, 0.1) is 0 Å². The quantitative estimate of drug-likeness (QED) is 0.773. The zero-order valence-corrected chi connectivity index (χ0v) is 14.5. The monoisotopic (exact) mass is 357 g/mol. The number of nitrogens with one attached hydrogen (secondary N) is 1. The molecule has 1 saturated heterocycles. The lowest BCUT2D eigenvalue weighted by Gasteiger charge is -2.34. The maximum absolute atomic E-state index is 12.8. The van der Waals surface area contributed by atoms with Crippen LogP contribution < -0.4 is 11.2 Å². The molecule has 0 bridgehead atoms. The molecule has 0 radical (unpaired) electrons. The number of thiophene rings is 1. The summed E-state index contributed by atoms with van der Waals surface area (Å²) >= 11 is 1.65. The molecule has 1 aromatic carbocycles. The highest BCUT2D eigenvalue weighted by atomic mass is 32.1. The molecule has 130 valence electrons. The maximum atomic E-state index is 12.8. The SMILES string of the molecule is O=c1[nH]c2ccccc2c(=O)n1C[C@@H](c1cccs1)N1CCOCC1. The Morgan fingerprint density at radius 2 is 1.92 bits per heavy atom. The molecule has 0 unspecified atom stereocenters. The predicted molar refractivity (Wildman–Crippen MR) is 98.3 cm³/mol. The van der Waals surface area contributed by atoms with Crippen LogP contribution in [0.4, 0.5) is 0 Å². The van der Waals surface area contributed by atoms with E-state index in [0.717, 1.165) is 18.0 Å². The van der Waals surface area contributed by atoms with E-state index in [1.807, 2.05) is 23.6 Å². The summed E-state index contributed by atoms with van der Waals surface area (Å²) in [5, 5.41) is 2.56. The molecule has 1 fully saturated rings. The molecular weight excluding hydrogens is 338 g/mol. The van der Waals surface area contributed by atoms with Gasteiger partial charge in [-0.2, -0.15) is 0 Å². The number of H-pyrrole nitrogens is 1. The first-order valence-electron chi connectivity index (χ1n) is 8.31. The van der Waals surface area contributed by atoms with Crippen LogP contribution in [0.25, 0.3) is 10.9 Å². The van der Waals surface area contributed by atoms with E-state index in [1.165, 1.54) is 4.57 Å². The van der Waals surface area contributed by atoms with Crippen LogP contribution >= 0.6 is 11.3 Å². The van der Waals surface area contributed by atoms with Crippen molar-refractivity contribution < 1.29 is 4.74 Å². The molecule has 3 aromatic rings. The average molecular weight is 357 g/mol. The molecular formula is C18H19N3O3S. The first-order chi connectivity index (χ1) is 12.2. The number of benzene rings is 1. The third-order valence-electron chi connectivity index (χ3n) is 4.60. The van der Waals surface area contributed by atoms with E-state index in [1.54, 1.807) is 23.5 Å². The number of para-hydroxylation sites is 1. The third kappa shape index (κ3) is 3.18. The Morgan fingerprint density at radius 1 is 1.12 bits per heavy atom. The molecule has 7 heteroatoms. The summed E-state index contributed by atoms with van der Waals surface area (Å²) in [5.41, 5.74) is -0.0273. The van der Waals surface area contributed by atoms with Gasteiger partial charge in [-0.15, -0.1) is 11.3 Å². The summed E-state index contributed by atoms with van der Waals surface area (Å²) in [4.78, 5) is 31.6. The largest absolute Gasteiger partial charge is 0.379 e. The lowest BCUT2D eigenvalue weighted by molar-refractivity contribution is 0.0126. The van der Waals surface area contributed by atoms with Gasteiger partial charge in [0.1, 0.15) is 0 Å². The lowest BCUT2D eigenvalue weighted by Crippen LogP contribution is -2.44. The van der Waals surface area contributed by atoms with Crippen molar-refractivity contribution in [1.29, 1.82) is 0 Å². The van der Waals surface area contributed by atoms with Gasteiger partial charge in [0.15, 0.2) is 0 Å². The highest BCUT2D eigenvalue weighted by molar-refractivity contribution is 7.10. The topological polar surface area (TPSA) is 67.3 Å². The molecule has 4 rings (SSSR count). The summed E-state index contributed by atoms with van der Waals surface area (Å²) < 4.78 is 6.77. The number of fused-ring (bicyclic) bond motifs is 1.